The molecule has 1 aliphatic heterocycles. The minimum absolute atomic E-state index is 0.00669. The third kappa shape index (κ3) is 4.76. The van der Waals surface area contributed by atoms with Gasteiger partial charge in [-0.3, -0.25) is 9.59 Å². The van der Waals surface area contributed by atoms with Crippen molar-refractivity contribution < 1.29 is 23.1 Å². The molecule has 7 heteroatoms. The fourth-order valence-corrected chi connectivity index (χ4v) is 5.64. The highest BCUT2D eigenvalue weighted by Gasteiger charge is 2.39. The SMILES string of the molecule is O=C(NCCC1CC2CCC1C2)C1CCCN(C(=O)c2ccccc2OC(F)F)C1. The number of halogens is 2. The molecule has 0 spiro atoms. The molecule has 1 aromatic carbocycles. The lowest BCUT2D eigenvalue weighted by Crippen LogP contribution is -2.45. The zero-order chi connectivity index (χ0) is 21.1. The molecule has 4 unspecified atom stereocenters. The van der Waals surface area contributed by atoms with Crippen LogP contribution in [0, 0.1) is 23.7 Å². The third-order valence-corrected chi connectivity index (χ3v) is 7.11. The van der Waals surface area contributed by atoms with E-state index in [0.717, 1.165) is 30.6 Å². The summed E-state index contributed by atoms with van der Waals surface area (Å²) in [5.74, 6) is 1.75. The van der Waals surface area contributed by atoms with Gasteiger partial charge in [-0.1, -0.05) is 18.6 Å². The van der Waals surface area contributed by atoms with Gasteiger partial charge >= 0.3 is 6.61 Å². The standard InChI is InChI=1S/C23H30F2N2O3/c24-23(25)30-20-6-2-1-5-19(20)22(29)27-11-3-4-18(14-27)21(28)26-10-9-17-13-15-7-8-16(17)12-15/h1-2,5-6,15-18,23H,3-4,7-14H2,(H,26,28). The molecule has 1 heterocycles. The maximum absolute atomic E-state index is 12.9. The van der Waals surface area contributed by atoms with Gasteiger partial charge in [-0.05, 0) is 68.4 Å². The number of nitrogens with zero attached hydrogens (tertiary/aromatic N) is 1. The number of benzene rings is 1. The number of hydrogen-bond acceptors (Lipinski definition) is 3. The molecule has 30 heavy (non-hydrogen) atoms. The lowest BCUT2D eigenvalue weighted by molar-refractivity contribution is -0.126. The predicted octanol–water partition coefficient (Wildman–Crippen LogP) is 4.08. The second-order valence-corrected chi connectivity index (χ2v) is 8.98. The number of hydrogen-bond donors (Lipinski definition) is 1. The molecule has 2 amide bonds. The largest absolute Gasteiger partial charge is 0.434 e. The van der Waals surface area contributed by atoms with Crippen molar-refractivity contribution in [2.75, 3.05) is 19.6 Å². The van der Waals surface area contributed by atoms with Crippen LogP contribution in [0.5, 0.6) is 5.75 Å². The van der Waals surface area contributed by atoms with Gasteiger partial charge in [0.15, 0.2) is 0 Å². The number of ether oxygens (including phenoxy) is 1. The molecule has 2 saturated carbocycles. The molecular weight excluding hydrogens is 390 g/mol. The van der Waals surface area contributed by atoms with E-state index in [2.05, 4.69) is 10.1 Å². The smallest absolute Gasteiger partial charge is 0.387 e. The Kier molecular flexibility index (Phi) is 6.54. The van der Waals surface area contributed by atoms with E-state index in [1.165, 1.54) is 37.8 Å². The van der Waals surface area contributed by atoms with Crippen LogP contribution in [0.3, 0.4) is 0 Å². The Balaban J connectivity index is 1.29. The summed E-state index contributed by atoms with van der Waals surface area (Å²) >= 11 is 0. The van der Waals surface area contributed by atoms with E-state index in [4.69, 9.17) is 0 Å². The number of para-hydroxylation sites is 1. The van der Waals surface area contributed by atoms with E-state index >= 15 is 0 Å². The van der Waals surface area contributed by atoms with Crippen molar-refractivity contribution in [1.82, 2.24) is 10.2 Å². The van der Waals surface area contributed by atoms with E-state index in [0.29, 0.717) is 26.1 Å². The first-order valence-electron chi connectivity index (χ1n) is 11.1. The van der Waals surface area contributed by atoms with Gasteiger partial charge in [-0.2, -0.15) is 8.78 Å². The number of fused-ring (bicyclic) bond motifs is 2. The number of carbonyl (C=O) groups excluding carboxylic acids is 2. The highest BCUT2D eigenvalue weighted by molar-refractivity contribution is 5.97. The second-order valence-electron chi connectivity index (χ2n) is 8.98. The number of amides is 2. The van der Waals surface area contributed by atoms with Crippen molar-refractivity contribution in [3.63, 3.8) is 0 Å². The summed E-state index contributed by atoms with van der Waals surface area (Å²) in [6.45, 7) is -1.48. The van der Waals surface area contributed by atoms with Crippen molar-refractivity contribution in [2.45, 2.75) is 51.6 Å². The van der Waals surface area contributed by atoms with Gasteiger partial charge < -0.3 is 15.0 Å². The normalized spacial score (nSPS) is 28.0. The predicted molar refractivity (Wildman–Crippen MR) is 108 cm³/mol. The molecule has 1 aromatic rings. The fourth-order valence-electron chi connectivity index (χ4n) is 5.64. The topological polar surface area (TPSA) is 58.6 Å². The zero-order valence-corrected chi connectivity index (χ0v) is 17.2. The molecule has 2 aliphatic carbocycles. The molecule has 4 atom stereocenters. The Labute approximate surface area is 176 Å². The van der Waals surface area contributed by atoms with Crippen LogP contribution >= 0.6 is 0 Å². The fraction of sp³-hybridized carbons (Fsp3) is 0.652. The molecule has 1 saturated heterocycles. The van der Waals surface area contributed by atoms with Crippen LogP contribution < -0.4 is 10.1 Å². The van der Waals surface area contributed by atoms with Crippen LogP contribution in [0.2, 0.25) is 0 Å². The average molecular weight is 421 g/mol. The van der Waals surface area contributed by atoms with Crippen LogP contribution in [-0.4, -0.2) is 43.0 Å². The van der Waals surface area contributed by atoms with Gasteiger partial charge in [0.05, 0.1) is 11.5 Å². The third-order valence-electron chi connectivity index (χ3n) is 7.11. The molecule has 0 aromatic heterocycles. The van der Waals surface area contributed by atoms with Crippen molar-refractivity contribution in [1.29, 1.82) is 0 Å². The van der Waals surface area contributed by atoms with Gasteiger partial charge in [0, 0.05) is 19.6 Å². The number of carbonyl (C=O) groups is 2. The summed E-state index contributed by atoms with van der Waals surface area (Å²) in [6, 6.07) is 6.02. The van der Waals surface area contributed by atoms with Crippen LogP contribution in [-0.2, 0) is 4.79 Å². The van der Waals surface area contributed by atoms with Crippen molar-refractivity contribution in [2.24, 2.45) is 23.7 Å². The Morgan fingerprint density at radius 2 is 2.00 bits per heavy atom. The van der Waals surface area contributed by atoms with E-state index in [1.807, 2.05) is 0 Å². The summed E-state index contributed by atoms with van der Waals surface area (Å²) < 4.78 is 29.8. The highest BCUT2D eigenvalue weighted by Crippen LogP contribution is 2.49. The molecule has 3 aliphatic rings. The molecule has 1 N–H and O–H groups in total. The maximum atomic E-state index is 12.9. The summed E-state index contributed by atoms with van der Waals surface area (Å²) in [7, 11) is 0. The molecule has 2 bridgehead atoms. The lowest BCUT2D eigenvalue weighted by atomic mass is 9.86. The Morgan fingerprint density at radius 1 is 1.17 bits per heavy atom. The minimum Gasteiger partial charge on any atom is -0.434 e. The van der Waals surface area contributed by atoms with E-state index in [-0.39, 0.29) is 29.0 Å². The summed E-state index contributed by atoms with van der Waals surface area (Å²) in [5, 5.41) is 3.07. The van der Waals surface area contributed by atoms with Gasteiger partial charge in [-0.15, -0.1) is 0 Å². The van der Waals surface area contributed by atoms with Crippen molar-refractivity contribution in [3.8, 4) is 5.75 Å². The number of rotatable bonds is 7. The van der Waals surface area contributed by atoms with Gasteiger partial charge in [0.1, 0.15) is 5.75 Å². The van der Waals surface area contributed by atoms with Gasteiger partial charge in [-0.25, -0.2) is 0 Å². The quantitative estimate of drug-likeness (QED) is 0.723. The van der Waals surface area contributed by atoms with Crippen LogP contribution in [0.15, 0.2) is 24.3 Å². The first-order chi connectivity index (χ1) is 14.5. The Bertz CT molecular complexity index is 773. The molecular formula is C23H30F2N2O3. The Morgan fingerprint density at radius 3 is 2.73 bits per heavy atom. The summed E-state index contributed by atoms with van der Waals surface area (Å²) in [6.07, 6.45) is 7.90. The summed E-state index contributed by atoms with van der Waals surface area (Å²) in [5.41, 5.74) is 0.107. The molecule has 0 radical (unpaired) electrons. The van der Waals surface area contributed by atoms with Crippen molar-refractivity contribution >= 4 is 11.8 Å². The molecule has 3 fully saturated rings. The lowest BCUT2D eigenvalue weighted by Gasteiger charge is -2.32. The highest BCUT2D eigenvalue weighted by atomic mass is 19.3. The zero-order valence-electron chi connectivity index (χ0n) is 17.2. The number of piperidine rings is 1. The minimum atomic E-state index is -2.99. The maximum Gasteiger partial charge on any atom is 0.387 e. The van der Waals surface area contributed by atoms with E-state index in [1.54, 1.807) is 17.0 Å². The first-order valence-corrected chi connectivity index (χ1v) is 11.1. The monoisotopic (exact) mass is 420 g/mol. The van der Waals surface area contributed by atoms with E-state index < -0.39 is 6.61 Å². The number of likely N-dealkylation sites (tertiary alicyclic amines) is 1. The van der Waals surface area contributed by atoms with Crippen LogP contribution in [0.4, 0.5) is 8.78 Å². The molecule has 164 valence electrons. The Hall–Kier alpha value is -2.18. The summed E-state index contributed by atoms with van der Waals surface area (Å²) in [4.78, 5) is 27.2. The van der Waals surface area contributed by atoms with Crippen LogP contribution in [0.25, 0.3) is 0 Å². The van der Waals surface area contributed by atoms with Crippen LogP contribution in [0.1, 0.15) is 55.3 Å². The molecule has 5 nitrogen and oxygen atoms in total. The molecule has 4 rings (SSSR count). The average Bonchev–Trinajstić information content (AvgIpc) is 3.37. The van der Waals surface area contributed by atoms with E-state index in [9.17, 15) is 18.4 Å². The number of alkyl halides is 2. The first kappa shape index (κ1) is 21.1. The number of nitrogens with one attached hydrogen (secondary N) is 1. The van der Waals surface area contributed by atoms with Gasteiger partial charge in [0.25, 0.3) is 5.91 Å². The van der Waals surface area contributed by atoms with Gasteiger partial charge in [0.2, 0.25) is 5.91 Å². The van der Waals surface area contributed by atoms with Crippen molar-refractivity contribution in [3.05, 3.63) is 29.8 Å². The second kappa shape index (κ2) is 9.31.